The third kappa shape index (κ3) is 4.66. The number of aromatic nitrogens is 2. The Bertz CT molecular complexity index is 894. The molecule has 0 spiro atoms. The molecule has 1 aromatic heterocycles. The molecule has 3 rings (SSSR count). The summed E-state index contributed by atoms with van der Waals surface area (Å²) in [5.74, 6) is 0.994. The Balaban J connectivity index is 1.66. The number of hydrogen-bond donors (Lipinski definition) is 2. The summed E-state index contributed by atoms with van der Waals surface area (Å²) in [6.45, 7) is 4.93. The Morgan fingerprint density at radius 1 is 0.923 bits per heavy atom. The van der Waals surface area contributed by atoms with Gasteiger partial charge in [-0.3, -0.25) is 4.79 Å². The number of rotatable bonds is 6. The zero-order chi connectivity index (χ0) is 18.4. The van der Waals surface area contributed by atoms with Crippen LogP contribution >= 0.6 is 0 Å². The second-order valence-corrected chi connectivity index (χ2v) is 6.13. The number of nitrogens with zero attached hydrogens (tertiary/aromatic N) is 2. The summed E-state index contributed by atoms with van der Waals surface area (Å²) in [7, 11) is 0. The minimum absolute atomic E-state index is 0.207. The van der Waals surface area contributed by atoms with Crippen LogP contribution in [-0.4, -0.2) is 15.9 Å². The molecule has 0 aliphatic rings. The smallest absolute Gasteiger partial charge is 0.270 e. The summed E-state index contributed by atoms with van der Waals surface area (Å²) in [4.78, 5) is 21.1. The molecule has 3 aromatic rings. The summed E-state index contributed by atoms with van der Waals surface area (Å²) in [5.41, 5.74) is 3.75. The third-order valence-electron chi connectivity index (χ3n) is 4.09. The van der Waals surface area contributed by atoms with Gasteiger partial charge in [-0.15, -0.1) is 0 Å². The van der Waals surface area contributed by atoms with Crippen molar-refractivity contribution in [1.82, 2.24) is 15.3 Å². The van der Waals surface area contributed by atoms with E-state index in [0.717, 1.165) is 16.7 Å². The lowest BCUT2D eigenvalue weighted by Crippen LogP contribution is -2.25. The minimum atomic E-state index is -0.207. The van der Waals surface area contributed by atoms with Crippen LogP contribution in [0.25, 0.3) is 0 Å². The number of benzene rings is 2. The van der Waals surface area contributed by atoms with Gasteiger partial charge in [-0.2, -0.15) is 0 Å². The summed E-state index contributed by atoms with van der Waals surface area (Å²) < 4.78 is 0. The van der Waals surface area contributed by atoms with E-state index in [1.807, 2.05) is 61.5 Å². The lowest BCUT2D eigenvalue weighted by molar-refractivity contribution is 0.0945. The topological polar surface area (TPSA) is 66.9 Å². The molecule has 1 heterocycles. The molecule has 2 N–H and O–H groups in total. The lowest BCUT2D eigenvalue weighted by atomic mass is 10.1. The molecule has 2 aromatic carbocycles. The van der Waals surface area contributed by atoms with Crippen molar-refractivity contribution >= 4 is 11.7 Å². The number of hydrogen-bond acceptors (Lipinski definition) is 4. The first-order valence-electron chi connectivity index (χ1n) is 8.58. The van der Waals surface area contributed by atoms with Crippen molar-refractivity contribution in [1.29, 1.82) is 0 Å². The molecule has 0 radical (unpaired) electrons. The van der Waals surface area contributed by atoms with E-state index < -0.39 is 0 Å². The second-order valence-electron chi connectivity index (χ2n) is 6.13. The molecule has 132 valence electrons. The number of carbonyl (C=O) groups is 1. The van der Waals surface area contributed by atoms with Gasteiger partial charge in [0, 0.05) is 19.2 Å². The molecule has 0 unspecified atom stereocenters. The van der Waals surface area contributed by atoms with E-state index >= 15 is 0 Å². The fraction of sp³-hybridized carbons (Fsp3) is 0.190. The van der Waals surface area contributed by atoms with Crippen molar-refractivity contribution in [3.05, 3.63) is 88.9 Å². The van der Waals surface area contributed by atoms with Gasteiger partial charge in [-0.05, 0) is 30.5 Å². The Hall–Kier alpha value is -3.21. The van der Waals surface area contributed by atoms with Crippen molar-refractivity contribution in [3.63, 3.8) is 0 Å². The van der Waals surface area contributed by atoms with Crippen LogP contribution in [0.4, 0.5) is 5.82 Å². The molecule has 26 heavy (non-hydrogen) atoms. The standard InChI is InChI=1S/C21H22N4O/c1-15-8-6-7-11-18(15)14-23-21(26)19-12-20(25-16(2)24-19)22-13-17-9-4-3-5-10-17/h3-12H,13-14H2,1-2H3,(H,23,26)(H,22,24,25). The number of aryl methyl sites for hydroxylation is 2. The van der Waals surface area contributed by atoms with Crippen LogP contribution in [-0.2, 0) is 13.1 Å². The van der Waals surface area contributed by atoms with Gasteiger partial charge in [0.1, 0.15) is 17.3 Å². The fourth-order valence-corrected chi connectivity index (χ4v) is 2.64. The van der Waals surface area contributed by atoms with Crippen LogP contribution in [0.15, 0.2) is 60.7 Å². The first-order valence-corrected chi connectivity index (χ1v) is 8.58. The van der Waals surface area contributed by atoms with E-state index in [-0.39, 0.29) is 5.91 Å². The van der Waals surface area contributed by atoms with Crippen molar-refractivity contribution in [2.24, 2.45) is 0 Å². The molecule has 0 aliphatic heterocycles. The maximum Gasteiger partial charge on any atom is 0.270 e. The molecule has 0 fully saturated rings. The highest BCUT2D eigenvalue weighted by atomic mass is 16.1. The predicted molar refractivity (Wildman–Crippen MR) is 103 cm³/mol. The summed E-state index contributed by atoms with van der Waals surface area (Å²) in [5, 5.41) is 6.18. The highest BCUT2D eigenvalue weighted by Gasteiger charge is 2.11. The number of carbonyl (C=O) groups excluding carboxylic acids is 1. The van der Waals surface area contributed by atoms with Gasteiger partial charge >= 0.3 is 0 Å². The molecule has 0 saturated heterocycles. The highest BCUT2D eigenvalue weighted by molar-refractivity contribution is 5.92. The number of amides is 1. The summed E-state index contributed by atoms with van der Waals surface area (Å²) >= 11 is 0. The van der Waals surface area contributed by atoms with Gasteiger partial charge in [0.2, 0.25) is 0 Å². The van der Waals surface area contributed by atoms with E-state index in [0.29, 0.717) is 30.4 Å². The lowest BCUT2D eigenvalue weighted by Gasteiger charge is -2.10. The molecule has 0 saturated carbocycles. The Kier molecular flexibility index (Phi) is 5.59. The van der Waals surface area contributed by atoms with Crippen LogP contribution in [0.3, 0.4) is 0 Å². The van der Waals surface area contributed by atoms with E-state index in [4.69, 9.17) is 0 Å². The van der Waals surface area contributed by atoms with Gasteiger partial charge in [0.15, 0.2) is 0 Å². The van der Waals surface area contributed by atoms with Crippen molar-refractivity contribution < 1.29 is 4.79 Å². The maximum atomic E-state index is 12.5. The summed E-state index contributed by atoms with van der Waals surface area (Å²) in [6.07, 6.45) is 0. The molecular formula is C21H22N4O. The fourth-order valence-electron chi connectivity index (χ4n) is 2.64. The van der Waals surface area contributed by atoms with E-state index in [2.05, 4.69) is 20.6 Å². The van der Waals surface area contributed by atoms with Crippen molar-refractivity contribution in [2.45, 2.75) is 26.9 Å². The van der Waals surface area contributed by atoms with Crippen LogP contribution in [0.1, 0.15) is 33.0 Å². The first-order chi connectivity index (χ1) is 12.6. The molecule has 0 aliphatic carbocycles. The molecule has 0 bridgehead atoms. The molecule has 5 heteroatoms. The number of anilines is 1. The van der Waals surface area contributed by atoms with E-state index in [1.54, 1.807) is 13.0 Å². The third-order valence-corrected chi connectivity index (χ3v) is 4.09. The normalized spacial score (nSPS) is 10.4. The summed E-state index contributed by atoms with van der Waals surface area (Å²) in [6, 6.07) is 19.7. The van der Waals surface area contributed by atoms with Crippen molar-refractivity contribution in [3.8, 4) is 0 Å². The zero-order valence-corrected chi connectivity index (χ0v) is 15.0. The quantitative estimate of drug-likeness (QED) is 0.715. The van der Waals surface area contributed by atoms with Gasteiger partial charge in [-0.1, -0.05) is 54.6 Å². The average molecular weight is 346 g/mol. The van der Waals surface area contributed by atoms with Crippen LogP contribution in [0.2, 0.25) is 0 Å². The van der Waals surface area contributed by atoms with Gasteiger partial charge in [-0.25, -0.2) is 9.97 Å². The molecule has 5 nitrogen and oxygen atoms in total. The van der Waals surface area contributed by atoms with Gasteiger partial charge in [0.25, 0.3) is 5.91 Å². The predicted octanol–water partition coefficient (Wildman–Crippen LogP) is 3.64. The largest absolute Gasteiger partial charge is 0.366 e. The maximum absolute atomic E-state index is 12.5. The molecule has 0 atom stereocenters. The Morgan fingerprint density at radius 3 is 2.42 bits per heavy atom. The minimum Gasteiger partial charge on any atom is -0.366 e. The van der Waals surface area contributed by atoms with Crippen LogP contribution < -0.4 is 10.6 Å². The van der Waals surface area contributed by atoms with Gasteiger partial charge < -0.3 is 10.6 Å². The Labute approximate surface area is 153 Å². The molecule has 1 amide bonds. The van der Waals surface area contributed by atoms with Crippen LogP contribution in [0, 0.1) is 13.8 Å². The Morgan fingerprint density at radius 2 is 1.65 bits per heavy atom. The van der Waals surface area contributed by atoms with Gasteiger partial charge in [0.05, 0.1) is 0 Å². The van der Waals surface area contributed by atoms with Crippen molar-refractivity contribution in [2.75, 3.05) is 5.32 Å². The van der Waals surface area contributed by atoms with Crippen LogP contribution in [0.5, 0.6) is 0 Å². The second kappa shape index (κ2) is 8.25. The zero-order valence-electron chi connectivity index (χ0n) is 15.0. The van der Waals surface area contributed by atoms with E-state index in [9.17, 15) is 4.79 Å². The molecular weight excluding hydrogens is 324 g/mol. The first kappa shape index (κ1) is 17.6. The SMILES string of the molecule is Cc1nc(NCc2ccccc2)cc(C(=O)NCc2ccccc2C)n1. The van der Waals surface area contributed by atoms with E-state index in [1.165, 1.54) is 0 Å². The monoisotopic (exact) mass is 346 g/mol. The average Bonchev–Trinajstić information content (AvgIpc) is 2.66. The highest BCUT2D eigenvalue weighted by Crippen LogP contribution is 2.10. The number of nitrogens with one attached hydrogen (secondary N) is 2.